The van der Waals surface area contributed by atoms with Crippen LogP contribution in [0.1, 0.15) is 49.2 Å². The van der Waals surface area contributed by atoms with Crippen molar-refractivity contribution in [3.8, 4) is 5.75 Å². The lowest BCUT2D eigenvalue weighted by atomic mass is 9.77. The van der Waals surface area contributed by atoms with Crippen LogP contribution in [0.3, 0.4) is 0 Å². The van der Waals surface area contributed by atoms with Gasteiger partial charge in [0.2, 0.25) is 0 Å². The molecule has 0 atom stereocenters. The lowest BCUT2D eigenvalue weighted by Gasteiger charge is -2.39. The van der Waals surface area contributed by atoms with E-state index in [9.17, 15) is 14.9 Å². The number of para-hydroxylation sites is 1. The van der Waals surface area contributed by atoms with Gasteiger partial charge in [-0.1, -0.05) is 37.1 Å². The number of rotatable bonds is 7. The van der Waals surface area contributed by atoms with Gasteiger partial charge in [-0.2, -0.15) is 0 Å². The summed E-state index contributed by atoms with van der Waals surface area (Å²) in [6.07, 6.45) is 3.03. The highest BCUT2D eigenvalue weighted by Crippen LogP contribution is 2.41. The van der Waals surface area contributed by atoms with E-state index in [1.807, 2.05) is 12.1 Å². The largest absolute Gasteiger partial charge is 0.493 e. The van der Waals surface area contributed by atoms with Gasteiger partial charge in [-0.25, -0.2) is 0 Å². The lowest BCUT2D eigenvalue weighted by Crippen LogP contribution is -2.42. The Morgan fingerprint density at radius 3 is 2.66 bits per heavy atom. The number of hydrogen-bond donors (Lipinski definition) is 1. The van der Waals surface area contributed by atoms with E-state index in [1.165, 1.54) is 11.6 Å². The number of benzene rings is 1. The summed E-state index contributed by atoms with van der Waals surface area (Å²) in [5.41, 5.74) is 1.46. The molecule has 0 unspecified atom stereocenters. The molecule has 0 radical (unpaired) electrons. The second-order valence-corrected chi connectivity index (χ2v) is 9.46. The number of hydrogen-bond acceptors (Lipinski definition) is 6. The zero-order valence-electron chi connectivity index (χ0n) is 18.7. The first-order valence-corrected chi connectivity index (χ1v) is 11.3. The van der Waals surface area contributed by atoms with Crippen LogP contribution in [0, 0.1) is 21.4 Å². The van der Waals surface area contributed by atoms with E-state index in [1.54, 1.807) is 4.90 Å². The summed E-state index contributed by atoms with van der Waals surface area (Å²) in [5, 5.41) is 17.0. The van der Waals surface area contributed by atoms with E-state index >= 15 is 0 Å². The molecule has 3 heterocycles. The quantitative estimate of drug-likeness (QED) is 0.521. The molecular formula is C23H31N5O4. The van der Waals surface area contributed by atoms with Gasteiger partial charge in [0.05, 0.1) is 12.7 Å². The van der Waals surface area contributed by atoms with Crippen molar-refractivity contribution in [3.63, 3.8) is 0 Å². The monoisotopic (exact) mass is 441 g/mol. The molecule has 2 aliphatic heterocycles. The van der Waals surface area contributed by atoms with Gasteiger partial charge in [0.1, 0.15) is 5.75 Å². The molecule has 2 fully saturated rings. The summed E-state index contributed by atoms with van der Waals surface area (Å²) in [4.78, 5) is 27.3. The van der Waals surface area contributed by atoms with Crippen LogP contribution in [-0.2, 0) is 6.54 Å². The van der Waals surface area contributed by atoms with Gasteiger partial charge >= 0.3 is 5.82 Å². The van der Waals surface area contributed by atoms with E-state index < -0.39 is 4.92 Å². The van der Waals surface area contributed by atoms with Crippen LogP contribution < -0.4 is 4.74 Å². The van der Waals surface area contributed by atoms with Gasteiger partial charge in [0.25, 0.3) is 5.91 Å². The molecule has 172 valence electrons. The Morgan fingerprint density at radius 1 is 1.25 bits per heavy atom. The fourth-order valence-corrected chi connectivity index (χ4v) is 4.65. The maximum absolute atomic E-state index is 12.8. The number of likely N-dealkylation sites (tertiary alicyclic amines) is 2. The summed E-state index contributed by atoms with van der Waals surface area (Å²) in [5.74, 6) is 0.962. The summed E-state index contributed by atoms with van der Waals surface area (Å²) in [7, 11) is 0. The number of nitro groups is 1. The normalized spacial score (nSPS) is 18.4. The first-order valence-electron chi connectivity index (χ1n) is 11.3. The van der Waals surface area contributed by atoms with Crippen LogP contribution in [0.25, 0.3) is 0 Å². The second kappa shape index (κ2) is 9.28. The van der Waals surface area contributed by atoms with Gasteiger partial charge in [0.15, 0.2) is 5.69 Å². The molecule has 1 amide bonds. The van der Waals surface area contributed by atoms with Crippen molar-refractivity contribution in [2.75, 3.05) is 32.8 Å². The summed E-state index contributed by atoms with van der Waals surface area (Å²) in [6, 6.07) is 9.47. The number of carbonyl (C=O) groups excluding carboxylic acids is 1. The summed E-state index contributed by atoms with van der Waals surface area (Å²) < 4.78 is 6.01. The van der Waals surface area contributed by atoms with E-state index in [2.05, 4.69) is 41.1 Å². The van der Waals surface area contributed by atoms with Crippen molar-refractivity contribution in [2.24, 2.45) is 11.3 Å². The highest BCUT2D eigenvalue weighted by molar-refractivity contribution is 5.93. The van der Waals surface area contributed by atoms with Crippen LogP contribution in [0.15, 0.2) is 30.3 Å². The third kappa shape index (κ3) is 4.93. The second-order valence-electron chi connectivity index (χ2n) is 9.46. The Morgan fingerprint density at radius 2 is 1.97 bits per heavy atom. The molecule has 4 rings (SSSR count). The van der Waals surface area contributed by atoms with Crippen molar-refractivity contribution in [1.82, 2.24) is 20.0 Å². The van der Waals surface area contributed by atoms with Gasteiger partial charge in [-0.05, 0) is 54.7 Å². The SMILES string of the molecule is CC(C)COc1ccccc1CN1CCC2(CC1)CCN(C(=O)c1cc([N+](=O)[O-])[nH]n1)C2. The zero-order valence-corrected chi connectivity index (χ0v) is 18.7. The van der Waals surface area contributed by atoms with Gasteiger partial charge in [-0.15, -0.1) is 5.10 Å². The molecule has 1 spiro atoms. The highest BCUT2D eigenvalue weighted by atomic mass is 16.6. The van der Waals surface area contributed by atoms with Crippen molar-refractivity contribution >= 4 is 11.7 Å². The van der Waals surface area contributed by atoms with Crippen LogP contribution in [0.4, 0.5) is 5.82 Å². The van der Waals surface area contributed by atoms with E-state index in [-0.39, 0.29) is 22.8 Å². The molecule has 9 heteroatoms. The number of aromatic amines is 1. The Hall–Kier alpha value is -2.94. The third-order valence-electron chi connectivity index (χ3n) is 6.56. The Kier molecular flexibility index (Phi) is 6.45. The molecule has 2 saturated heterocycles. The molecule has 1 aromatic carbocycles. The molecule has 0 saturated carbocycles. The predicted molar refractivity (Wildman–Crippen MR) is 119 cm³/mol. The molecule has 0 aliphatic carbocycles. The zero-order chi connectivity index (χ0) is 22.7. The Labute approximate surface area is 187 Å². The van der Waals surface area contributed by atoms with Crippen molar-refractivity contribution in [1.29, 1.82) is 0 Å². The predicted octanol–water partition coefficient (Wildman–Crippen LogP) is 3.48. The fraction of sp³-hybridized carbons (Fsp3) is 0.565. The third-order valence-corrected chi connectivity index (χ3v) is 6.56. The van der Waals surface area contributed by atoms with Crippen molar-refractivity contribution in [2.45, 2.75) is 39.7 Å². The topological polar surface area (TPSA) is 105 Å². The number of amides is 1. The molecule has 2 aromatic rings. The maximum Gasteiger partial charge on any atom is 0.343 e. The van der Waals surface area contributed by atoms with Gasteiger partial charge in [0, 0.05) is 25.2 Å². The first-order chi connectivity index (χ1) is 15.3. The smallest absolute Gasteiger partial charge is 0.343 e. The minimum atomic E-state index is -0.572. The Balaban J connectivity index is 1.32. The number of nitrogens with one attached hydrogen (secondary N) is 1. The number of aromatic nitrogens is 2. The number of piperidine rings is 1. The minimum Gasteiger partial charge on any atom is -0.493 e. The van der Waals surface area contributed by atoms with Crippen molar-refractivity contribution in [3.05, 3.63) is 51.7 Å². The van der Waals surface area contributed by atoms with Crippen LogP contribution >= 0.6 is 0 Å². The summed E-state index contributed by atoms with van der Waals surface area (Å²) in [6.45, 7) is 9.20. The molecule has 9 nitrogen and oxygen atoms in total. The van der Waals surface area contributed by atoms with Gasteiger partial charge in [-0.3, -0.25) is 9.69 Å². The average molecular weight is 442 g/mol. The number of ether oxygens (including phenoxy) is 1. The molecule has 32 heavy (non-hydrogen) atoms. The first kappa shape index (κ1) is 22.3. The molecule has 2 aliphatic rings. The highest BCUT2D eigenvalue weighted by Gasteiger charge is 2.42. The standard InChI is InChI=1S/C23H31N5O4/c1-17(2)15-32-20-6-4-3-5-18(20)14-26-10-7-23(8-11-26)9-12-27(16-23)22(29)19-13-21(25-24-19)28(30)31/h3-6,13,17H,7-12,14-16H2,1-2H3,(H,24,25). The number of nitrogens with zero attached hydrogens (tertiary/aromatic N) is 4. The lowest BCUT2D eigenvalue weighted by molar-refractivity contribution is -0.389. The molecule has 1 N–H and O–H groups in total. The van der Waals surface area contributed by atoms with E-state index in [0.29, 0.717) is 25.6 Å². The van der Waals surface area contributed by atoms with Crippen LogP contribution in [0.5, 0.6) is 5.75 Å². The minimum absolute atomic E-state index is 0.115. The van der Waals surface area contributed by atoms with Crippen molar-refractivity contribution < 1.29 is 14.5 Å². The maximum atomic E-state index is 12.8. The fourth-order valence-electron chi connectivity index (χ4n) is 4.65. The van der Waals surface area contributed by atoms with Crippen LogP contribution in [0.2, 0.25) is 0 Å². The van der Waals surface area contributed by atoms with E-state index in [0.717, 1.165) is 44.6 Å². The summed E-state index contributed by atoms with van der Waals surface area (Å²) >= 11 is 0. The number of carbonyl (C=O) groups is 1. The van der Waals surface area contributed by atoms with Crippen LogP contribution in [-0.4, -0.2) is 63.6 Å². The molecule has 1 aromatic heterocycles. The average Bonchev–Trinajstić information content (AvgIpc) is 3.43. The van der Waals surface area contributed by atoms with E-state index in [4.69, 9.17) is 4.74 Å². The molecular weight excluding hydrogens is 410 g/mol. The molecule has 0 bridgehead atoms. The number of H-pyrrole nitrogens is 1. The Bertz CT molecular complexity index is 965. The van der Waals surface area contributed by atoms with Gasteiger partial charge < -0.3 is 19.8 Å².